The molecule has 0 amide bonds. The van der Waals surface area contributed by atoms with Crippen LogP contribution in [0.1, 0.15) is 43.4 Å². The number of rotatable bonds is 6. The summed E-state index contributed by atoms with van der Waals surface area (Å²) in [7, 11) is 0. The highest BCUT2D eigenvalue weighted by Gasteiger charge is 2.36. The van der Waals surface area contributed by atoms with Crippen molar-refractivity contribution in [3.05, 3.63) is 204 Å². The molecule has 2 heteroatoms. The lowest BCUT2D eigenvalue weighted by atomic mass is 9.82. The van der Waals surface area contributed by atoms with E-state index in [4.69, 9.17) is 0 Å². The molecule has 8 aromatic rings. The van der Waals surface area contributed by atoms with Crippen molar-refractivity contribution in [2.75, 3.05) is 4.90 Å². The van der Waals surface area contributed by atoms with Gasteiger partial charge in [0.05, 0.1) is 11.0 Å². The van der Waals surface area contributed by atoms with E-state index in [-0.39, 0.29) is 5.41 Å². The van der Waals surface area contributed by atoms with Crippen LogP contribution in [0, 0.1) is 0 Å². The van der Waals surface area contributed by atoms with Crippen molar-refractivity contribution in [1.29, 1.82) is 0 Å². The third kappa shape index (κ3) is 5.17. The Balaban J connectivity index is 1.06. The lowest BCUT2D eigenvalue weighted by Crippen LogP contribution is -2.20. The average molecular weight is 681 g/mol. The number of benzene rings is 7. The van der Waals surface area contributed by atoms with Crippen LogP contribution < -0.4 is 4.90 Å². The third-order valence-electron chi connectivity index (χ3n) is 11.5. The zero-order valence-electron chi connectivity index (χ0n) is 30.1. The predicted molar refractivity (Wildman–Crippen MR) is 224 cm³/mol. The summed E-state index contributed by atoms with van der Waals surface area (Å²) in [5.74, 6) is 0. The van der Waals surface area contributed by atoms with E-state index in [0.29, 0.717) is 0 Å². The number of allylic oxidation sites excluding steroid dienone is 4. The second-order valence-electron chi connectivity index (χ2n) is 14.9. The molecule has 0 fully saturated rings. The largest absolute Gasteiger partial charge is 0.314 e. The van der Waals surface area contributed by atoms with Crippen molar-refractivity contribution in [2.45, 2.75) is 32.1 Å². The Kier molecular flexibility index (Phi) is 7.33. The Morgan fingerprint density at radius 1 is 0.472 bits per heavy atom. The van der Waals surface area contributed by atoms with E-state index in [2.05, 4.69) is 205 Å². The molecule has 0 unspecified atom stereocenters. The number of hydrogen-bond acceptors (Lipinski definition) is 1. The van der Waals surface area contributed by atoms with Gasteiger partial charge in [-0.05, 0) is 118 Å². The first-order valence-electron chi connectivity index (χ1n) is 18.7. The van der Waals surface area contributed by atoms with Crippen molar-refractivity contribution >= 4 is 38.8 Å². The van der Waals surface area contributed by atoms with E-state index in [1.807, 2.05) is 0 Å². The molecule has 0 atom stereocenters. The fourth-order valence-corrected chi connectivity index (χ4v) is 8.83. The van der Waals surface area contributed by atoms with Gasteiger partial charge in [0.2, 0.25) is 0 Å². The lowest BCUT2D eigenvalue weighted by molar-refractivity contribution is 0.660. The third-order valence-corrected chi connectivity index (χ3v) is 11.5. The standard InChI is InChI=1S/C51H40N2/c1-51(2)47-19-11-9-17-43(47)44-31-30-42(34-48(44)51)52(40-26-21-36(22-27-40)35-13-5-3-6-14-35)41-28-23-37(24-29-41)38-25-32-50-46(33-38)45-18-10-12-20-49(45)53(50)39-15-7-4-8-16-39/h3-21,23-26,28-34H,22,27H2,1-2H3. The molecule has 0 N–H and O–H groups in total. The van der Waals surface area contributed by atoms with Crippen LogP contribution in [0.4, 0.5) is 11.4 Å². The van der Waals surface area contributed by atoms with Crippen LogP contribution in [0.25, 0.3) is 55.3 Å². The Morgan fingerprint density at radius 2 is 1.13 bits per heavy atom. The molecule has 0 aliphatic heterocycles. The smallest absolute Gasteiger partial charge is 0.0541 e. The highest BCUT2D eigenvalue weighted by atomic mass is 15.1. The second kappa shape index (κ2) is 12.4. The van der Waals surface area contributed by atoms with E-state index in [9.17, 15) is 0 Å². The molecule has 0 radical (unpaired) electrons. The first-order chi connectivity index (χ1) is 26.0. The monoisotopic (exact) mass is 680 g/mol. The Hall–Kier alpha value is -6.38. The maximum atomic E-state index is 2.48. The molecular weight excluding hydrogens is 641 g/mol. The minimum absolute atomic E-state index is 0.0684. The minimum Gasteiger partial charge on any atom is -0.314 e. The molecule has 0 saturated heterocycles. The van der Waals surface area contributed by atoms with Crippen LogP contribution in [0.3, 0.4) is 0 Å². The topological polar surface area (TPSA) is 8.17 Å². The number of fused-ring (bicyclic) bond motifs is 6. The van der Waals surface area contributed by atoms with Gasteiger partial charge in [0.25, 0.3) is 0 Å². The summed E-state index contributed by atoms with van der Waals surface area (Å²) in [6, 6.07) is 62.3. The van der Waals surface area contributed by atoms with Gasteiger partial charge in [-0.1, -0.05) is 135 Å². The molecule has 2 aliphatic rings. The summed E-state index contributed by atoms with van der Waals surface area (Å²) in [6.07, 6.45) is 6.63. The quantitative estimate of drug-likeness (QED) is 0.170. The summed E-state index contributed by atoms with van der Waals surface area (Å²) < 4.78 is 2.38. The van der Waals surface area contributed by atoms with Gasteiger partial charge in [-0.2, -0.15) is 0 Å². The number of anilines is 2. The molecule has 0 bridgehead atoms. The number of aromatic nitrogens is 1. The summed E-state index contributed by atoms with van der Waals surface area (Å²) >= 11 is 0. The molecule has 0 saturated carbocycles. The maximum absolute atomic E-state index is 2.48. The van der Waals surface area contributed by atoms with Crippen LogP contribution in [0.5, 0.6) is 0 Å². The zero-order valence-corrected chi connectivity index (χ0v) is 30.1. The van der Waals surface area contributed by atoms with Gasteiger partial charge < -0.3 is 9.47 Å². The van der Waals surface area contributed by atoms with Gasteiger partial charge in [-0.15, -0.1) is 0 Å². The second-order valence-corrected chi connectivity index (χ2v) is 14.9. The highest BCUT2D eigenvalue weighted by molar-refractivity contribution is 6.10. The fraction of sp³-hybridized carbons (Fsp3) is 0.0980. The van der Waals surface area contributed by atoms with Crippen molar-refractivity contribution < 1.29 is 0 Å². The zero-order chi connectivity index (χ0) is 35.5. The normalized spacial score (nSPS) is 14.5. The summed E-state index contributed by atoms with van der Waals surface area (Å²) in [6.45, 7) is 4.73. The molecule has 1 heterocycles. The van der Waals surface area contributed by atoms with Crippen LogP contribution in [-0.2, 0) is 5.41 Å². The fourth-order valence-electron chi connectivity index (χ4n) is 8.83. The van der Waals surface area contributed by atoms with Crippen molar-refractivity contribution in [1.82, 2.24) is 4.57 Å². The number of para-hydroxylation sites is 2. The lowest BCUT2D eigenvalue weighted by Gasteiger charge is -2.31. The maximum Gasteiger partial charge on any atom is 0.0541 e. The van der Waals surface area contributed by atoms with Crippen LogP contribution >= 0.6 is 0 Å². The molecular formula is C51H40N2. The Bertz CT molecular complexity index is 2730. The summed E-state index contributed by atoms with van der Waals surface area (Å²) in [5.41, 5.74) is 17.8. The Labute approximate surface area is 311 Å². The van der Waals surface area contributed by atoms with Crippen molar-refractivity contribution in [3.8, 4) is 27.9 Å². The molecule has 7 aromatic carbocycles. The predicted octanol–water partition coefficient (Wildman–Crippen LogP) is 13.7. The van der Waals surface area contributed by atoms with Gasteiger partial charge in [-0.25, -0.2) is 0 Å². The van der Waals surface area contributed by atoms with Gasteiger partial charge >= 0.3 is 0 Å². The van der Waals surface area contributed by atoms with E-state index in [0.717, 1.165) is 12.8 Å². The van der Waals surface area contributed by atoms with Crippen molar-refractivity contribution in [2.24, 2.45) is 0 Å². The molecule has 0 spiro atoms. The minimum atomic E-state index is -0.0684. The molecule has 2 nitrogen and oxygen atoms in total. The van der Waals surface area contributed by atoms with E-state index >= 15 is 0 Å². The Morgan fingerprint density at radius 3 is 1.92 bits per heavy atom. The first kappa shape index (κ1) is 31.4. The number of hydrogen-bond donors (Lipinski definition) is 0. The first-order valence-corrected chi connectivity index (χ1v) is 18.7. The van der Waals surface area contributed by atoms with E-state index in [1.165, 1.54) is 89.1 Å². The van der Waals surface area contributed by atoms with Gasteiger partial charge in [0.1, 0.15) is 0 Å². The SMILES string of the molecule is CC1(C)c2ccccc2-c2ccc(N(C3=CC=C(c4ccccc4)CC3)c3ccc(-c4ccc5c(c4)c4ccccc4n5-c4ccccc4)cc3)cc21. The highest BCUT2D eigenvalue weighted by Crippen LogP contribution is 2.50. The van der Waals surface area contributed by atoms with E-state index in [1.54, 1.807) is 0 Å². The molecule has 254 valence electrons. The van der Waals surface area contributed by atoms with Gasteiger partial charge in [-0.3, -0.25) is 0 Å². The average Bonchev–Trinajstić information content (AvgIpc) is 3.67. The molecule has 10 rings (SSSR count). The summed E-state index contributed by atoms with van der Waals surface area (Å²) in [5, 5.41) is 2.53. The van der Waals surface area contributed by atoms with Crippen molar-refractivity contribution in [3.63, 3.8) is 0 Å². The van der Waals surface area contributed by atoms with Gasteiger partial charge in [0, 0.05) is 38.9 Å². The van der Waals surface area contributed by atoms with E-state index < -0.39 is 0 Å². The molecule has 2 aliphatic carbocycles. The number of nitrogens with zero attached hydrogens (tertiary/aromatic N) is 2. The van der Waals surface area contributed by atoms with Crippen LogP contribution in [0.15, 0.2) is 188 Å². The van der Waals surface area contributed by atoms with Crippen LogP contribution in [0.2, 0.25) is 0 Å². The summed E-state index contributed by atoms with van der Waals surface area (Å²) in [4.78, 5) is 2.48. The van der Waals surface area contributed by atoms with Gasteiger partial charge in [0.15, 0.2) is 0 Å². The molecule has 1 aromatic heterocycles. The molecule has 53 heavy (non-hydrogen) atoms. The van der Waals surface area contributed by atoms with Crippen LogP contribution in [-0.4, -0.2) is 4.57 Å².